The van der Waals surface area contributed by atoms with Gasteiger partial charge in [0.2, 0.25) is 0 Å². The van der Waals surface area contributed by atoms with Gasteiger partial charge in [-0.25, -0.2) is 4.39 Å². The van der Waals surface area contributed by atoms with Crippen LogP contribution in [0, 0.1) is 5.82 Å². The molecule has 0 bridgehead atoms. The number of fused-ring (bicyclic) bond motifs is 1. The molecule has 0 saturated heterocycles. The first-order valence-electron chi connectivity index (χ1n) is 6.99. The van der Waals surface area contributed by atoms with E-state index >= 15 is 0 Å². The summed E-state index contributed by atoms with van der Waals surface area (Å²) in [6, 6.07) is 6.30. The number of carbonyl (C=O) groups excluding carboxylic acids is 1. The molecule has 0 spiro atoms. The van der Waals surface area contributed by atoms with E-state index in [1.54, 1.807) is 29.4 Å². The standard InChI is InChI=1S/C16H16FN3O/c1-2-19-14-10-18-7-5-13(14)16(21)20-8-6-11-3-4-12(17)9-15(11)20/h3-5,7,9-10,19H,2,6,8H2,1H3. The molecule has 1 aromatic carbocycles. The Labute approximate surface area is 122 Å². The van der Waals surface area contributed by atoms with Gasteiger partial charge in [0.25, 0.3) is 5.91 Å². The molecule has 2 heterocycles. The van der Waals surface area contributed by atoms with Gasteiger partial charge in [-0.1, -0.05) is 6.07 Å². The quantitative estimate of drug-likeness (QED) is 0.943. The summed E-state index contributed by atoms with van der Waals surface area (Å²) in [7, 11) is 0. The molecular weight excluding hydrogens is 269 g/mol. The van der Waals surface area contributed by atoms with Gasteiger partial charge < -0.3 is 10.2 Å². The summed E-state index contributed by atoms with van der Waals surface area (Å²) in [4.78, 5) is 18.4. The largest absolute Gasteiger partial charge is 0.383 e. The van der Waals surface area contributed by atoms with Gasteiger partial charge in [-0.2, -0.15) is 0 Å². The van der Waals surface area contributed by atoms with Crippen LogP contribution in [0.2, 0.25) is 0 Å². The summed E-state index contributed by atoms with van der Waals surface area (Å²) in [5, 5.41) is 3.13. The van der Waals surface area contributed by atoms with Crippen LogP contribution in [0.25, 0.3) is 0 Å². The lowest BCUT2D eigenvalue weighted by Gasteiger charge is -2.19. The molecule has 0 saturated carbocycles. The predicted molar refractivity (Wildman–Crippen MR) is 80.2 cm³/mol. The third-order valence-corrected chi connectivity index (χ3v) is 3.61. The van der Waals surface area contributed by atoms with Crippen molar-refractivity contribution in [2.45, 2.75) is 13.3 Å². The number of aromatic nitrogens is 1. The van der Waals surface area contributed by atoms with Gasteiger partial charge in [-0.05, 0) is 37.1 Å². The molecule has 2 aromatic rings. The van der Waals surface area contributed by atoms with E-state index in [4.69, 9.17) is 0 Å². The van der Waals surface area contributed by atoms with Crippen LogP contribution in [0.15, 0.2) is 36.7 Å². The SMILES string of the molecule is CCNc1cnccc1C(=O)N1CCc2ccc(F)cc21. The van der Waals surface area contributed by atoms with E-state index in [2.05, 4.69) is 10.3 Å². The lowest BCUT2D eigenvalue weighted by Crippen LogP contribution is -2.29. The average Bonchev–Trinajstić information content (AvgIpc) is 2.90. The van der Waals surface area contributed by atoms with E-state index in [0.717, 1.165) is 12.0 Å². The average molecular weight is 285 g/mol. The summed E-state index contributed by atoms with van der Waals surface area (Å²) in [6.07, 6.45) is 3.99. The van der Waals surface area contributed by atoms with Gasteiger partial charge in [0.05, 0.1) is 23.1 Å². The molecule has 0 aliphatic carbocycles. The molecule has 1 amide bonds. The lowest BCUT2D eigenvalue weighted by atomic mass is 10.1. The summed E-state index contributed by atoms with van der Waals surface area (Å²) >= 11 is 0. The van der Waals surface area contributed by atoms with Gasteiger partial charge in [0.1, 0.15) is 5.82 Å². The van der Waals surface area contributed by atoms with Crippen molar-refractivity contribution in [2.75, 3.05) is 23.3 Å². The van der Waals surface area contributed by atoms with Crippen molar-refractivity contribution in [3.05, 3.63) is 53.6 Å². The Hall–Kier alpha value is -2.43. The Morgan fingerprint density at radius 3 is 3.10 bits per heavy atom. The third kappa shape index (κ3) is 2.46. The molecular formula is C16H16FN3O. The van der Waals surface area contributed by atoms with E-state index in [0.29, 0.717) is 30.0 Å². The summed E-state index contributed by atoms with van der Waals surface area (Å²) < 4.78 is 13.4. The number of anilines is 2. The highest BCUT2D eigenvalue weighted by molar-refractivity contribution is 6.10. The van der Waals surface area contributed by atoms with Crippen LogP contribution in [0.4, 0.5) is 15.8 Å². The molecule has 0 unspecified atom stereocenters. The van der Waals surface area contributed by atoms with Crippen molar-refractivity contribution in [1.29, 1.82) is 0 Å². The van der Waals surface area contributed by atoms with Crippen molar-refractivity contribution < 1.29 is 9.18 Å². The van der Waals surface area contributed by atoms with E-state index in [9.17, 15) is 9.18 Å². The minimum atomic E-state index is -0.324. The highest BCUT2D eigenvalue weighted by Gasteiger charge is 2.27. The van der Waals surface area contributed by atoms with Gasteiger partial charge in [0.15, 0.2) is 0 Å². The lowest BCUT2D eigenvalue weighted by molar-refractivity contribution is 0.0990. The number of amides is 1. The summed E-state index contributed by atoms with van der Waals surface area (Å²) in [6.45, 7) is 3.24. The van der Waals surface area contributed by atoms with E-state index < -0.39 is 0 Å². The van der Waals surface area contributed by atoms with E-state index in [-0.39, 0.29) is 11.7 Å². The molecule has 1 aliphatic rings. The van der Waals surface area contributed by atoms with Crippen LogP contribution in [0.1, 0.15) is 22.8 Å². The molecule has 3 rings (SSSR count). The first-order chi connectivity index (χ1) is 10.2. The van der Waals surface area contributed by atoms with Crippen LogP contribution < -0.4 is 10.2 Å². The molecule has 0 radical (unpaired) electrons. The minimum Gasteiger partial charge on any atom is -0.383 e. The molecule has 1 aromatic heterocycles. The van der Waals surface area contributed by atoms with Gasteiger partial charge in [-0.3, -0.25) is 9.78 Å². The molecule has 1 aliphatic heterocycles. The Morgan fingerprint density at radius 1 is 1.43 bits per heavy atom. The van der Waals surface area contributed by atoms with Crippen LogP contribution in [0.5, 0.6) is 0 Å². The highest BCUT2D eigenvalue weighted by atomic mass is 19.1. The van der Waals surface area contributed by atoms with E-state index in [1.165, 1.54) is 12.1 Å². The van der Waals surface area contributed by atoms with E-state index in [1.807, 2.05) is 6.92 Å². The normalized spacial score (nSPS) is 13.1. The Kier molecular flexibility index (Phi) is 3.56. The Bertz CT molecular complexity index is 687. The first-order valence-corrected chi connectivity index (χ1v) is 6.99. The van der Waals surface area contributed by atoms with Crippen molar-refractivity contribution in [1.82, 2.24) is 4.98 Å². The van der Waals surface area contributed by atoms with Gasteiger partial charge in [0, 0.05) is 19.3 Å². The maximum Gasteiger partial charge on any atom is 0.260 e. The fourth-order valence-electron chi connectivity index (χ4n) is 2.62. The number of nitrogens with one attached hydrogen (secondary N) is 1. The molecule has 0 atom stereocenters. The minimum absolute atomic E-state index is 0.127. The van der Waals surface area contributed by atoms with Crippen LogP contribution in [0.3, 0.4) is 0 Å². The number of nitrogens with zero attached hydrogens (tertiary/aromatic N) is 2. The number of benzene rings is 1. The molecule has 0 fully saturated rings. The zero-order valence-electron chi connectivity index (χ0n) is 11.8. The second-order valence-electron chi connectivity index (χ2n) is 4.93. The van der Waals surface area contributed by atoms with Gasteiger partial charge in [-0.15, -0.1) is 0 Å². The number of hydrogen-bond donors (Lipinski definition) is 1. The zero-order chi connectivity index (χ0) is 14.8. The summed E-state index contributed by atoms with van der Waals surface area (Å²) in [5.41, 5.74) is 2.93. The zero-order valence-corrected chi connectivity index (χ0v) is 11.8. The molecule has 5 heteroatoms. The molecule has 4 nitrogen and oxygen atoms in total. The number of pyridine rings is 1. The fourth-order valence-corrected chi connectivity index (χ4v) is 2.62. The van der Waals surface area contributed by atoms with Crippen molar-refractivity contribution in [3.63, 3.8) is 0 Å². The van der Waals surface area contributed by atoms with Crippen molar-refractivity contribution in [2.24, 2.45) is 0 Å². The Balaban J connectivity index is 1.96. The summed E-state index contributed by atoms with van der Waals surface area (Å²) in [5.74, 6) is -0.451. The van der Waals surface area contributed by atoms with Crippen LogP contribution in [-0.4, -0.2) is 24.0 Å². The van der Waals surface area contributed by atoms with Crippen molar-refractivity contribution in [3.8, 4) is 0 Å². The predicted octanol–water partition coefficient (Wildman–Crippen LogP) is 2.86. The number of carbonyl (C=O) groups is 1. The monoisotopic (exact) mass is 285 g/mol. The van der Waals surface area contributed by atoms with Gasteiger partial charge >= 0.3 is 0 Å². The highest BCUT2D eigenvalue weighted by Crippen LogP contribution is 2.31. The number of hydrogen-bond acceptors (Lipinski definition) is 3. The number of rotatable bonds is 3. The Morgan fingerprint density at radius 2 is 2.29 bits per heavy atom. The molecule has 1 N–H and O–H groups in total. The molecule has 108 valence electrons. The maximum atomic E-state index is 13.4. The third-order valence-electron chi connectivity index (χ3n) is 3.61. The van der Waals surface area contributed by atoms with Crippen LogP contribution in [-0.2, 0) is 6.42 Å². The number of halogens is 1. The second kappa shape index (κ2) is 5.52. The second-order valence-corrected chi connectivity index (χ2v) is 4.93. The smallest absolute Gasteiger partial charge is 0.260 e. The maximum absolute atomic E-state index is 13.4. The topological polar surface area (TPSA) is 45.2 Å². The van der Waals surface area contributed by atoms with Crippen molar-refractivity contribution >= 4 is 17.3 Å². The molecule has 21 heavy (non-hydrogen) atoms. The first kappa shape index (κ1) is 13.5. The van der Waals surface area contributed by atoms with Crippen LogP contribution >= 0.6 is 0 Å². The fraction of sp³-hybridized carbons (Fsp3) is 0.250.